The second-order valence-corrected chi connectivity index (χ2v) is 6.04. The summed E-state index contributed by atoms with van der Waals surface area (Å²) in [6.45, 7) is 5.96. The summed E-state index contributed by atoms with van der Waals surface area (Å²) in [6, 6.07) is 0.495. The summed E-state index contributed by atoms with van der Waals surface area (Å²) in [5, 5.41) is 0.962. The number of ether oxygens (including phenoxy) is 1. The second kappa shape index (κ2) is 5.80. The normalized spacial score (nSPS) is 24.3. The van der Waals surface area contributed by atoms with E-state index >= 15 is 0 Å². The van der Waals surface area contributed by atoms with Gasteiger partial charge in [0.15, 0.2) is 11.4 Å². The minimum Gasteiger partial charge on any atom is -0.378 e. The second-order valence-electron chi connectivity index (χ2n) is 5.03. The molecule has 1 aliphatic rings. The molecule has 1 aromatic rings. The zero-order chi connectivity index (χ0) is 13.1. The van der Waals surface area contributed by atoms with Gasteiger partial charge in [-0.1, -0.05) is 18.3 Å². The van der Waals surface area contributed by atoms with Crippen molar-refractivity contribution in [3.05, 3.63) is 10.6 Å². The Bertz CT molecular complexity index is 419. The van der Waals surface area contributed by atoms with Gasteiger partial charge >= 0.3 is 0 Å². The molecule has 100 valence electrons. The van der Waals surface area contributed by atoms with Crippen LogP contribution in [-0.2, 0) is 11.3 Å². The maximum atomic E-state index is 11.0. The predicted octanol–water partition coefficient (Wildman–Crippen LogP) is 2.73. The molecule has 18 heavy (non-hydrogen) atoms. The van der Waals surface area contributed by atoms with Crippen LogP contribution in [0.5, 0.6) is 0 Å². The van der Waals surface area contributed by atoms with Crippen LogP contribution in [0.1, 0.15) is 42.1 Å². The Morgan fingerprint density at radius 3 is 2.94 bits per heavy atom. The predicted molar refractivity (Wildman–Crippen MR) is 73.4 cm³/mol. The van der Waals surface area contributed by atoms with Crippen LogP contribution in [0.4, 0.5) is 5.13 Å². The number of thiazole rings is 1. The summed E-state index contributed by atoms with van der Waals surface area (Å²) >= 11 is 1.48. The lowest BCUT2D eigenvalue weighted by atomic mass is 9.94. The van der Waals surface area contributed by atoms with Crippen molar-refractivity contribution in [3.8, 4) is 0 Å². The first kappa shape index (κ1) is 13.5. The molecule has 0 aromatic carbocycles. The molecule has 5 heteroatoms. The summed E-state index contributed by atoms with van der Waals surface area (Å²) in [6.07, 6.45) is 3.27. The highest BCUT2D eigenvalue weighted by atomic mass is 32.1. The van der Waals surface area contributed by atoms with E-state index in [2.05, 4.69) is 23.7 Å². The summed E-state index contributed by atoms with van der Waals surface area (Å²) in [5.41, 5.74) is 0.762. The third-order valence-corrected chi connectivity index (χ3v) is 4.55. The molecule has 4 nitrogen and oxygen atoms in total. The van der Waals surface area contributed by atoms with Gasteiger partial charge in [-0.05, 0) is 25.7 Å². The van der Waals surface area contributed by atoms with Gasteiger partial charge in [0.05, 0.1) is 17.2 Å². The number of anilines is 1. The highest BCUT2D eigenvalue weighted by molar-refractivity contribution is 7.17. The summed E-state index contributed by atoms with van der Waals surface area (Å²) in [5.74, 6) is 0.778. The van der Waals surface area contributed by atoms with Crippen LogP contribution in [0.25, 0.3) is 0 Å². The van der Waals surface area contributed by atoms with Crippen molar-refractivity contribution in [1.82, 2.24) is 4.98 Å². The minimum atomic E-state index is 0.406. The van der Waals surface area contributed by atoms with E-state index in [1.54, 1.807) is 7.11 Å². The molecular weight excluding hydrogens is 248 g/mol. The van der Waals surface area contributed by atoms with E-state index < -0.39 is 0 Å². The molecule has 2 heterocycles. The lowest BCUT2D eigenvalue weighted by molar-refractivity contribution is 0.112. The Morgan fingerprint density at radius 1 is 1.56 bits per heavy atom. The van der Waals surface area contributed by atoms with Crippen LogP contribution >= 0.6 is 11.3 Å². The SMILES string of the molecule is COCc1nc(N2CCC(C)CC2C)sc1C=O. The smallest absolute Gasteiger partial charge is 0.186 e. The molecule has 0 amide bonds. The topological polar surface area (TPSA) is 42.4 Å². The first-order valence-corrected chi connectivity index (χ1v) is 7.17. The minimum absolute atomic E-state index is 0.406. The van der Waals surface area contributed by atoms with Crippen LogP contribution in [0, 0.1) is 5.92 Å². The zero-order valence-electron chi connectivity index (χ0n) is 11.2. The average Bonchev–Trinajstić information content (AvgIpc) is 2.72. The van der Waals surface area contributed by atoms with Crippen LogP contribution < -0.4 is 4.90 Å². The number of aromatic nitrogens is 1. The number of hydrogen-bond acceptors (Lipinski definition) is 5. The van der Waals surface area contributed by atoms with Gasteiger partial charge in [-0.2, -0.15) is 0 Å². The molecule has 0 saturated carbocycles. The van der Waals surface area contributed by atoms with Gasteiger partial charge in [-0.15, -0.1) is 0 Å². The molecule has 0 N–H and O–H groups in total. The lowest BCUT2D eigenvalue weighted by Crippen LogP contribution is -2.40. The van der Waals surface area contributed by atoms with E-state index in [0.29, 0.717) is 17.5 Å². The van der Waals surface area contributed by atoms with Gasteiger partial charge in [0.2, 0.25) is 0 Å². The molecule has 2 unspecified atom stereocenters. The summed E-state index contributed by atoms with van der Waals surface area (Å²) in [4.78, 5) is 18.6. The van der Waals surface area contributed by atoms with Crippen molar-refractivity contribution in [2.45, 2.75) is 39.3 Å². The van der Waals surface area contributed by atoms with Gasteiger partial charge < -0.3 is 9.64 Å². The quantitative estimate of drug-likeness (QED) is 0.787. The van der Waals surface area contributed by atoms with Crippen molar-refractivity contribution < 1.29 is 9.53 Å². The lowest BCUT2D eigenvalue weighted by Gasteiger charge is -2.36. The molecule has 0 aliphatic carbocycles. The number of methoxy groups -OCH3 is 1. The molecule has 2 atom stereocenters. The van der Waals surface area contributed by atoms with Gasteiger partial charge in [0.1, 0.15) is 0 Å². The van der Waals surface area contributed by atoms with Gasteiger partial charge in [0, 0.05) is 19.7 Å². The molecule has 1 fully saturated rings. The summed E-state index contributed by atoms with van der Waals surface area (Å²) in [7, 11) is 1.62. The van der Waals surface area contributed by atoms with Crippen LogP contribution in [-0.4, -0.2) is 31.0 Å². The number of carbonyl (C=O) groups excluding carboxylic acids is 1. The first-order chi connectivity index (χ1) is 8.65. The largest absolute Gasteiger partial charge is 0.378 e. The maximum Gasteiger partial charge on any atom is 0.186 e. The van der Waals surface area contributed by atoms with Crippen molar-refractivity contribution in [2.24, 2.45) is 5.92 Å². The standard InChI is InChI=1S/C13H20N2O2S/c1-9-4-5-15(10(2)6-9)13-14-11(8-17-3)12(7-16)18-13/h7,9-10H,4-6,8H2,1-3H3. The van der Waals surface area contributed by atoms with E-state index in [-0.39, 0.29) is 0 Å². The van der Waals surface area contributed by atoms with Crippen molar-refractivity contribution in [3.63, 3.8) is 0 Å². The number of hydrogen-bond donors (Lipinski definition) is 0. The molecule has 2 rings (SSSR count). The van der Waals surface area contributed by atoms with Gasteiger partial charge in [-0.25, -0.2) is 4.98 Å². The van der Waals surface area contributed by atoms with E-state index in [9.17, 15) is 4.79 Å². The highest BCUT2D eigenvalue weighted by Gasteiger charge is 2.26. The van der Waals surface area contributed by atoms with Crippen LogP contribution in [0.2, 0.25) is 0 Å². The Balaban J connectivity index is 2.20. The Hall–Kier alpha value is -0.940. The Kier molecular flexibility index (Phi) is 4.35. The number of aldehydes is 1. The molecule has 1 aromatic heterocycles. The van der Waals surface area contributed by atoms with Crippen molar-refractivity contribution in [2.75, 3.05) is 18.6 Å². The van der Waals surface area contributed by atoms with E-state index in [1.807, 2.05) is 0 Å². The fourth-order valence-corrected chi connectivity index (χ4v) is 3.51. The van der Waals surface area contributed by atoms with Crippen LogP contribution in [0.15, 0.2) is 0 Å². The monoisotopic (exact) mass is 268 g/mol. The molecule has 1 aliphatic heterocycles. The fraction of sp³-hybridized carbons (Fsp3) is 0.692. The molecule has 0 bridgehead atoms. The first-order valence-electron chi connectivity index (χ1n) is 6.36. The van der Waals surface area contributed by atoms with Gasteiger partial charge in [-0.3, -0.25) is 4.79 Å². The van der Waals surface area contributed by atoms with Crippen molar-refractivity contribution >= 4 is 22.8 Å². The zero-order valence-corrected chi connectivity index (χ0v) is 12.0. The average molecular weight is 268 g/mol. The number of piperidine rings is 1. The van der Waals surface area contributed by atoms with Crippen molar-refractivity contribution in [1.29, 1.82) is 0 Å². The third-order valence-electron chi connectivity index (χ3n) is 3.49. The summed E-state index contributed by atoms with van der Waals surface area (Å²) < 4.78 is 5.08. The van der Waals surface area contributed by atoms with E-state index in [1.165, 1.54) is 24.2 Å². The van der Waals surface area contributed by atoms with Crippen LogP contribution in [0.3, 0.4) is 0 Å². The van der Waals surface area contributed by atoms with E-state index in [4.69, 9.17) is 4.74 Å². The molecule has 0 spiro atoms. The third kappa shape index (κ3) is 2.72. The molecule has 0 radical (unpaired) electrons. The maximum absolute atomic E-state index is 11.0. The molecular formula is C13H20N2O2S. The number of nitrogens with zero attached hydrogens (tertiary/aromatic N) is 2. The highest BCUT2D eigenvalue weighted by Crippen LogP contribution is 2.32. The fourth-order valence-electron chi connectivity index (χ4n) is 2.50. The Morgan fingerprint density at radius 2 is 2.33 bits per heavy atom. The molecule has 1 saturated heterocycles. The van der Waals surface area contributed by atoms with Gasteiger partial charge in [0.25, 0.3) is 0 Å². The number of carbonyl (C=O) groups is 1. The van der Waals surface area contributed by atoms with E-state index in [0.717, 1.165) is 29.6 Å². The Labute approximate surface area is 112 Å². The number of rotatable bonds is 4.